The molecule has 44 heavy (non-hydrogen) atoms. The Labute approximate surface area is 273 Å². The number of halogens is 2. The smallest absolute Gasteiger partial charge is 0.264 e. The second-order valence-electron chi connectivity index (χ2n) is 10.1. The molecule has 0 aromatic heterocycles. The van der Waals surface area contributed by atoms with Crippen molar-refractivity contribution in [1.82, 2.24) is 10.2 Å². The number of nitrogens with zero attached hydrogens (tertiary/aromatic N) is 2. The van der Waals surface area contributed by atoms with Crippen molar-refractivity contribution in [3.63, 3.8) is 0 Å². The van der Waals surface area contributed by atoms with Crippen LogP contribution < -0.4 is 9.62 Å². The van der Waals surface area contributed by atoms with E-state index in [0.29, 0.717) is 21.3 Å². The van der Waals surface area contributed by atoms with Gasteiger partial charge in [-0.1, -0.05) is 77.3 Å². The number of amides is 2. The number of benzene rings is 4. The van der Waals surface area contributed by atoms with Crippen LogP contribution in [-0.4, -0.2) is 51.0 Å². The van der Waals surface area contributed by atoms with E-state index in [1.807, 2.05) is 43.5 Å². The molecule has 0 aliphatic rings. The van der Waals surface area contributed by atoms with E-state index >= 15 is 0 Å². The zero-order valence-electron chi connectivity index (χ0n) is 24.5. The van der Waals surface area contributed by atoms with Gasteiger partial charge < -0.3 is 10.2 Å². The Hall–Kier alpha value is -3.50. The standard InChI is InChI=1S/C33H33Cl2N3O4S2/c1-23-12-14-25(15-13-23)38(44(41,42)27-18-16-26(43-3)17-19-27)22-32(39)37(21-28-29(34)10-7-11-30(28)35)31(33(40)36-2)20-24-8-5-4-6-9-24/h4-19,31H,20-22H2,1-3H3,(H,36,40)/t31-/m1/s1. The van der Waals surface area contributed by atoms with Gasteiger partial charge in [-0.05, 0) is 67.3 Å². The maximum absolute atomic E-state index is 14.4. The number of nitrogens with one attached hydrogen (secondary N) is 1. The fourth-order valence-electron chi connectivity index (χ4n) is 4.69. The number of hydrogen-bond donors (Lipinski definition) is 1. The molecule has 0 saturated carbocycles. The molecule has 0 heterocycles. The highest BCUT2D eigenvalue weighted by molar-refractivity contribution is 7.98. The first-order valence-corrected chi connectivity index (χ1v) is 17.2. The predicted molar refractivity (Wildman–Crippen MR) is 179 cm³/mol. The molecule has 4 rings (SSSR count). The quantitative estimate of drug-likeness (QED) is 0.172. The normalized spacial score (nSPS) is 11.9. The lowest BCUT2D eigenvalue weighted by Crippen LogP contribution is -2.53. The summed E-state index contributed by atoms with van der Waals surface area (Å²) in [6, 6.07) is 26.7. The van der Waals surface area contributed by atoms with Gasteiger partial charge in [-0.25, -0.2) is 8.42 Å². The van der Waals surface area contributed by atoms with Gasteiger partial charge in [0.2, 0.25) is 11.8 Å². The zero-order valence-corrected chi connectivity index (χ0v) is 27.7. The summed E-state index contributed by atoms with van der Waals surface area (Å²) in [5.74, 6) is -1.02. The molecule has 1 N–H and O–H groups in total. The number of carbonyl (C=O) groups excluding carboxylic acids is 2. The van der Waals surface area contributed by atoms with Crippen LogP contribution in [0.2, 0.25) is 10.0 Å². The van der Waals surface area contributed by atoms with E-state index in [0.717, 1.165) is 20.3 Å². The topological polar surface area (TPSA) is 86.8 Å². The van der Waals surface area contributed by atoms with E-state index in [4.69, 9.17) is 23.2 Å². The molecule has 1 atom stereocenters. The molecular formula is C33H33Cl2N3O4S2. The Morgan fingerprint density at radius 2 is 1.48 bits per heavy atom. The van der Waals surface area contributed by atoms with Crippen LogP contribution in [0.25, 0.3) is 0 Å². The monoisotopic (exact) mass is 669 g/mol. The van der Waals surface area contributed by atoms with Gasteiger partial charge in [-0.2, -0.15) is 0 Å². The highest BCUT2D eigenvalue weighted by atomic mass is 35.5. The number of likely N-dealkylation sites (N-methyl/N-ethyl adjacent to an activating group) is 1. The Balaban J connectivity index is 1.81. The van der Waals surface area contributed by atoms with Crippen LogP contribution in [0.4, 0.5) is 5.69 Å². The molecule has 4 aromatic rings. The molecule has 0 radical (unpaired) electrons. The van der Waals surface area contributed by atoms with Crippen LogP contribution in [0.3, 0.4) is 0 Å². The van der Waals surface area contributed by atoms with Crippen molar-refractivity contribution >= 4 is 62.5 Å². The van der Waals surface area contributed by atoms with E-state index in [1.165, 1.54) is 35.8 Å². The molecule has 0 unspecified atom stereocenters. The number of carbonyl (C=O) groups is 2. The van der Waals surface area contributed by atoms with Gasteiger partial charge in [0.25, 0.3) is 10.0 Å². The van der Waals surface area contributed by atoms with Crippen molar-refractivity contribution in [1.29, 1.82) is 0 Å². The molecular weight excluding hydrogens is 637 g/mol. The minimum Gasteiger partial charge on any atom is -0.357 e. The Bertz CT molecular complexity index is 1680. The molecule has 0 bridgehead atoms. The summed E-state index contributed by atoms with van der Waals surface area (Å²) in [6.07, 6.45) is 2.08. The Morgan fingerprint density at radius 3 is 2.05 bits per heavy atom. The van der Waals surface area contributed by atoms with Crippen LogP contribution in [0, 0.1) is 6.92 Å². The Kier molecular flexibility index (Phi) is 11.4. The molecule has 0 saturated heterocycles. The van der Waals surface area contributed by atoms with Gasteiger partial charge in [0.15, 0.2) is 0 Å². The van der Waals surface area contributed by atoms with Crippen LogP contribution in [0.1, 0.15) is 16.7 Å². The third-order valence-electron chi connectivity index (χ3n) is 7.16. The van der Waals surface area contributed by atoms with Crippen molar-refractivity contribution in [2.24, 2.45) is 0 Å². The lowest BCUT2D eigenvalue weighted by Gasteiger charge is -2.34. The van der Waals surface area contributed by atoms with E-state index in [9.17, 15) is 18.0 Å². The lowest BCUT2D eigenvalue weighted by atomic mass is 10.0. The summed E-state index contributed by atoms with van der Waals surface area (Å²) >= 11 is 14.5. The number of anilines is 1. The largest absolute Gasteiger partial charge is 0.357 e. The van der Waals surface area contributed by atoms with E-state index in [2.05, 4.69) is 5.32 Å². The minimum atomic E-state index is -4.20. The summed E-state index contributed by atoms with van der Waals surface area (Å²) in [7, 11) is -2.70. The molecule has 0 aliphatic heterocycles. The molecule has 2 amide bonds. The molecule has 230 valence electrons. The van der Waals surface area contributed by atoms with Crippen molar-refractivity contribution in [3.8, 4) is 0 Å². The lowest BCUT2D eigenvalue weighted by molar-refractivity contribution is -0.139. The van der Waals surface area contributed by atoms with Crippen LogP contribution in [0.15, 0.2) is 107 Å². The number of sulfonamides is 1. The molecule has 11 heteroatoms. The molecule has 0 aliphatic carbocycles. The van der Waals surface area contributed by atoms with Crippen molar-refractivity contribution in [2.75, 3.05) is 24.2 Å². The average molecular weight is 671 g/mol. The first-order valence-electron chi connectivity index (χ1n) is 13.8. The third kappa shape index (κ3) is 7.95. The van der Waals surface area contributed by atoms with Gasteiger partial charge in [-0.15, -0.1) is 11.8 Å². The minimum absolute atomic E-state index is 0.0384. The first-order chi connectivity index (χ1) is 21.0. The first kappa shape index (κ1) is 33.4. The van der Waals surface area contributed by atoms with Crippen molar-refractivity contribution in [3.05, 3.63) is 124 Å². The van der Waals surface area contributed by atoms with Gasteiger partial charge in [-0.3, -0.25) is 13.9 Å². The molecule has 0 fully saturated rings. The summed E-state index contributed by atoms with van der Waals surface area (Å²) in [5, 5.41) is 3.30. The molecule has 0 spiro atoms. The maximum atomic E-state index is 14.4. The third-order valence-corrected chi connectivity index (χ3v) is 10.4. The second-order valence-corrected chi connectivity index (χ2v) is 13.6. The van der Waals surface area contributed by atoms with Gasteiger partial charge >= 0.3 is 0 Å². The van der Waals surface area contributed by atoms with Crippen LogP contribution in [-0.2, 0) is 32.6 Å². The van der Waals surface area contributed by atoms with E-state index in [-0.39, 0.29) is 17.9 Å². The SMILES string of the molecule is CNC(=O)[C@@H](Cc1ccccc1)N(Cc1c(Cl)cccc1Cl)C(=O)CN(c1ccc(C)cc1)S(=O)(=O)c1ccc(SC)cc1. The van der Waals surface area contributed by atoms with Gasteiger partial charge in [0.05, 0.1) is 10.6 Å². The van der Waals surface area contributed by atoms with E-state index < -0.39 is 34.4 Å². The van der Waals surface area contributed by atoms with Crippen LogP contribution in [0.5, 0.6) is 0 Å². The van der Waals surface area contributed by atoms with E-state index in [1.54, 1.807) is 54.6 Å². The maximum Gasteiger partial charge on any atom is 0.264 e. The van der Waals surface area contributed by atoms with Crippen LogP contribution >= 0.6 is 35.0 Å². The average Bonchev–Trinajstić information content (AvgIpc) is 3.03. The molecule has 4 aromatic carbocycles. The number of aryl methyl sites for hydroxylation is 1. The second kappa shape index (κ2) is 15.0. The summed E-state index contributed by atoms with van der Waals surface area (Å²) in [6.45, 7) is 1.20. The zero-order chi connectivity index (χ0) is 31.9. The summed E-state index contributed by atoms with van der Waals surface area (Å²) < 4.78 is 29.3. The predicted octanol–water partition coefficient (Wildman–Crippen LogP) is 6.61. The number of rotatable bonds is 12. The molecule has 7 nitrogen and oxygen atoms in total. The van der Waals surface area contributed by atoms with Crippen molar-refractivity contribution in [2.45, 2.75) is 35.7 Å². The number of hydrogen-bond acceptors (Lipinski definition) is 5. The van der Waals surface area contributed by atoms with Gasteiger partial charge in [0.1, 0.15) is 12.6 Å². The highest BCUT2D eigenvalue weighted by Gasteiger charge is 2.35. The highest BCUT2D eigenvalue weighted by Crippen LogP contribution is 2.29. The fraction of sp³-hybridized carbons (Fsp3) is 0.212. The summed E-state index contributed by atoms with van der Waals surface area (Å²) in [4.78, 5) is 30.1. The van der Waals surface area contributed by atoms with Crippen molar-refractivity contribution < 1.29 is 18.0 Å². The number of thioether (sulfide) groups is 1. The fourth-order valence-corrected chi connectivity index (χ4v) is 7.03. The van der Waals surface area contributed by atoms with Gasteiger partial charge in [0, 0.05) is 40.5 Å². The summed E-state index contributed by atoms with van der Waals surface area (Å²) in [5.41, 5.74) is 2.51. The Morgan fingerprint density at radius 1 is 0.864 bits per heavy atom.